The molecule has 25 heavy (non-hydrogen) atoms. The lowest BCUT2D eigenvalue weighted by Gasteiger charge is -2.07. The number of halogens is 2. The van der Waals surface area contributed by atoms with E-state index in [1.54, 1.807) is 6.07 Å². The molecule has 1 aromatic carbocycles. The first-order valence-corrected chi connectivity index (χ1v) is 7.66. The Morgan fingerprint density at radius 1 is 1.32 bits per heavy atom. The van der Waals surface area contributed by atoms with Crippen LogP contribution in [0.4, 0.5) is 0 Å². The summed E-state index contributed by atoms with van der Waals surface area (Å²) in [5, 5.41) is 2.89. The molecule has 136 valence electrons. The minimum Gasteiger partial charge on any atom is -0.467 e. The minimum absolute atomic E-state index is 0. The van der Waals surface area contributed by atoms with E-state index in [0.29, 0.717) is 24.4 Å². The lowest BCUT2D eigenvalue weighted by molar-refractivity contribution is 0.0952. The third-order valence-corrected chi connectivity index (χ3v) is 3.81. The monoisotopic (exact) mass is 384 g/mol. The smallest absolute Gasteiger partial charge is 0.254 e. The van der Waals surface area contributed by atoms with Crippen molar-refractivity contribution < 1.29 is 9.21 Å². The van der Waals surface area contributed by atoms with E-state index in [1.807, 2.05) is 25.1 Å². The number of para-hydroxylation sites is 2. The van der Waals surface area contributed by atoms with Crippen molar-refractivity contribution in [3.63, 3.8) is 0 Å². The molecule has 8 heteroatoms. The third-order valence-electron chi connectivity index (χ3n) is 3.81. The average molecular weight is 385 g/mol. The van der Waals surface area contributed by atoms with Gasteiger partial charge in [-0.15, -0.1) is 24.8 Å². The second kappa shape index (κ2) is 9.46. The van der Waals surface area contributed by atoms with Crippen LogP contribution in [0.3, 0.4) is 0 Å². The van der Waals surface area contributed by atoms with Crippen LogP contribution in [0.5, 0.6) is 0 Å². The SMILES string of the molecule is Cc1nc2ccccc2n1CCCNC(=O)c1coc(CN)c1.Cl.Cl. The molecule has 2 heterocycles. The minimum atomic E-state index is -0.138. The van der Waals surface area contributed by atoms with Gasteiger partial charge in [0.25, 0.3) is 5.91 Å². The number of aryl methyl sites for hydroxylation is 2. The van der Waals surface area contributed by atoms with Crippen molar-refractivity contribution in [2.45, 2.75) is 26.4 Å². The molecule has 6 nitrogen and oxygen atoms in total. The van der Waals surface area contributed by atoms with Crippen LogP contribution in [0.2, 0.25) is 0 Å². The molecule has 1 amide bonds. The van der Waals surface area contributed by atoms with Gasteiger partial charge in [0.05, 0.1) is 23.1 Å². The van der Waals surface area contributed by atoms with Gasteiger partial charge in [0, 0.05) is 13.1 Å². The van der Waals surface area contributed by atoms with Gasteiger partial charge < -0.3 is 20.0 Å². The molecule has 2 aromatic heterocycles. The molecule has 3 N–H and O–H groups in total. The number of amides is 1. The van der Waals surface area contributed by atoms with Crippen LogP contribution >= 0.6 is 24.8 Å². The summed E-state index contributed by atoms with van der Waals surface area (Å²) in [4.78, 5) is 16.5. The van der Waals surface area contributed by atoms with Crippen LogP contribution in [0, 0.1) is 6.92 Å². The molecule has 0 aliphatic carbocycles. The number of aromatic nitrogens is 2. The van der Waals surface area contributed by atoms with Gasteiger partial charge in [-0.25, -0.2) is 4.98 Å². The highest BCUT2D eigenvalue weighted by atomic mass is 35.5. The zero-order valence-electron chi connectivity index (χ0n) is 13.9. The Kier molecular flexibility index (Phi) is 7.96. The fourth-order valence-corrected chi connectivity index (χ4v) is 2.63. The Morgan fingerprint density at radius 2 is 2.08 bits per heavy atom. The van der Waals surface area contributed by atoms with Crippen molar-refractivity contribution in [2.24, 2.45) is 5.73 Å². The summed E-state index contributed by atoms with van der Waals surface area (Å²) in [5.74, 6) is 1.45. The molecule has 0 atom stereocenters. The first kappa shape index (κ1) is 21.0. The highest BCUT2D eigenvalue weighted by molar-refractivity contribution is 5.93. The van der Waals surface area contributed by atoms with Crippen LogP contribution in [0.15, 0.2) is 41.0 Å². The van der Waals surface area contributed by atoms with Crippen molar-refractivity contribution in [1.82, 2.24) is 14.9 Å². The van der Waals surface area contributed by atoms with Crippen molar-refractivity contribution in [2.75, 3.05) is 6.54 Å². The number of fused-ring (bicyclic) bond motifs is 1. The fraction of sp³-hybridized carbons (Fsp3) is 0.294. The first-order valence-electron chi connectivity index (χ1n) is 7.66. The Morgan fingerprint density at radius 3 is 2.80 bits per heavy atom. The summed E-state index contributed by atoms with van der Waals surface area (Å²) in [6.45, 7) is 3.69. The average Bonchev–Trinajstić information content (AvgIpc) is 3.15. The lowest BCUT2D eigenvalue weighted by Crippen LogP contribution is -2.25. The second-order valence-electron chi connectivity index (χ2n) is 5.41. The number of furan rings is 1. The molecular formula is C17H22Cl2N4O2. The van der Waals surface area contributed by atoms with Gasteiger partial charge in [-0.2, -0.15) is 0 Å². The molecule has 3 aromatic rings. The van der Waals surface area contributed by atoms with Crippen molar-refractivity contribution >= 4 is 41.8 Å². The Labute approximate surface area is 158 Å². The molecule has 0 radical (unpaired) electrons. The maximum Gasteiger partial charge on any atom is 0.254 e. The van der Waals surface area contributed by atoms with E-state index in [0.717, 1.165) is 29.8 Å². The number of nitrogens with two attached hydrogens (primary N) is 1. The maximum absolute atomic E-state index is 12.0. The summed E-state index contributed by atoms with van der Waals surface area (Å²) >= 11 is 0. The van der Waals surface area contributed by atoms with Crippen LogP contribution in [0.25, 0.3) is 11.0 Å². The molecule has 0 unspecified atom stereocenters. The summed E-state index contributed by atoms with van der Waals surface area (Å²) in [7, 11) is 0. The van der Waals surface area contributed by atoms with Gasteiger partial charge in [-0.3, -0.25) is 4.79 Å². The van der Waals surface area contributed by atoms with Crippen molar-refractivity contribution in [3.05, 3.63) is 53.7 Å². The topological polar surface area (TPSA) is 86.1 Å². The maximum atomic E-state index is 12.0. The number of rotatable bonds is 6. The molecule has 0 saturated carbocycles. The lowest BCUT2D eigenvalue weighted by atomic mass is 10.3. The van der Waals surface area contributed by atoms with E-state index < -0.39 is 0 Å². The number of hydrogen-bond acceptors (Lipinski definition) is 4. The van der Waals surface area contributed by atoms with Gasteiger partial charge in [0.1, 0.15) is 17.8 Å². The number of benzene rings is 1. The Balaban J connectivity index is 0.00000156. The van der Waals surface area contributed by atoms with Crippen molar-refractivity contribution in [1.29, 1.82) is 0 Å². The molecule has 0 fully saturated rings. The van der Waals surface area contributed by atoms with Crippen molar-refractivity contribution in [3.8, 4) is 0 Å². The Hall–Kier alpha value is -2.02. The van der Waals surface area contributed by atoms with Gasteiger partial charge in [0.15, 0.2) is 0 Å². The summed E-state index contributed by atoms with van der Waals surface area (Å²) in [6, 6.07) is 9.74. The first-order chi connectivity index (χ1) is 11.2. The van der Waals surface area contributed by atoms with Gasteiger partial charge >= 0.3 is 0 Å². The predicted molar refractivity (Wildman–Crippen MR) is 103 cm³/mol. The number of nitrogens with zero attached hydrogens (tertiary/aromatic N) is 2. The van der Waals surface area contributed by atoms with E-state index >= 15 is 0 Å². The largest absolute Gasteiger partial charge is 0.467 e. The van der Waals surface area contributed by atoms with E-state index in [9.17, 15) is 4.79 Å². The summed E-state index contributed by atoms with van der Waals surface area (Å²) in [6.07, 6.45) is 2.26. The van der Waals surface area contributed by atoms with E-state index in [1.165, 1.54) is 6.26 Å². The van der Waals surface area contributed by atoms with E-state index in [-0.39, 0.29) is 30.7 Å². The van der Waals surface area contributed by atoms with Gasteiger partial charge in [0.2, 0.25) is 0 Å². The quantitative estimate of drug-likeness (QED) is 0.639. The van der Waals surface area contributed by atoms with Crippen LogP contribution < -0.4 is 11.1 Å². The molecule has 0 bridgehead atoms. The fourth-order valence-electron chi connectivity index (χ4n) is 2.63. The standard InChI is InChI=1S/C17H20N4O2.2ClH/c1-12-20-15-5-2-3-6-16(15)21(12)8-4-7-19-17(22)13-9-14(10-18)23-11-13;;/h2-3,5-6,9,11H,4,7-8,10,18H2,1H3,(H,19,22);2*1H. The second-order valence-corrected chi connectivity index (χ2v) is 5.41. The molecule has 3 rings (SSSR count). The normalized spacial score (nSPS) is 10.2. The van der Waals surface area contributed by atoms with Gasteiger partial charge in [-0.05, 0) is 31.5 Å². The number of carbonyl (C=O) groups excluding carboxylic acids is 1. The highest BCUT2D eigenvalue weighted by Crippen LogP contribution is 2.15. The molecule has 0 spiro atoms. The summed E-state index contributed by atoms with van der Waals surface area (Å²) in [5.41, 5.74) is 8.10. The van der Waals surface area contributed by atoms with E-state index in [2.05, 4.69) is 20.9 Å². The van der Waals surface area contributed by atoms with Gasteiger partial charge in [-0.1, -0.05) is 12.1 Å². The Bertz CT molecular complexity index is 829. The third kappa shape index (κ3) is 4.75. The molecular weight excluding hydrogens is 363 g/mol. The predicted octanol–water partition coefficient (Wildman–Crippen LogP) is 3.06. The number of hydrogen-bond donors (Lipinski definition) is 2. The number of carbonyl (C=O) groups is 1. The number of imidazole rings is 1. The van der Waals surface area contributed by atoms with Crippen LogP contribution in [0.1, 0.15) is 28.4 Å². The molecule has 0 aliphatic heterocycles. The zero-order chi connectivity index (χ0) is 16.2. The van der Waals surface area contributed by atoms with Crippen LogP contribution in [-0.2, 0) is 13.1 Å². The van der Waals surface area contributed by atoms with Crippen LogP contribution in [-0.4, -0.2) is 22.0 Å². The van der Waals surface area contributed by atoms with E-state index in [4.69, 9.17) is 10.2 Å². The molecule has 0 aliphatic rings. The zero-order valence-corrected chi connectivity index (χ0v) is 15.5. The molecule has 0 saturated heterocycles. The highest BCUT2D eigenvalue weighted by Gasteiger charge is 2.10. The number of nitrogens with one attached hydrogen (secondary N) is 1. The summed E-state index contributed by atoms with van der Waals surface area (Å²) < 4.78 is 7.34.